The van der Waals surface area contributed by atoms with Gasteiger partial charge in [-0.25, -0.2) is 14.6 Å². The second-order valence-electron chi connectivity index (χ2n) is 8.03. The van der Waals surface area contributed by atoms with Gasteiger partial charge >= 0.3 is 0 Å². The topological polar surface area (TPSA) is 67.2 Å². The van der Waals surface area contributed by atoms with E-state index < -0.39 is 0 Å². The van der Waals surface area contributed by atoms with Crippen LogP contribution in [0, 0.1) is 5.92 Å². The summed E-state index contributed by atoms with van der Waals surface area (Å²) in [7, 11) is 0. The SMILES string of the molecule is CCc1nc(N2CCN(C(=O)CC(C)C)CC2)c2cnn(-c3ccccc3Cl)c2n1. The standard InChI is InChI=1S/C22H27ClN6O/c1-4-19-25-21(28-11-9-27(10-12-28)20(30)13-15(2)3)16-14-24-29(22(16)26-19)18-8-6-5-7-17(18)23/h5-8,14-15H,4,9-13H2,1-3H3. The molecule has 0 radical (unpaired) electrons. The lowest BCUT2D eigenvalue weighted by Crippen LogP contribution is -2.49. The molecule has 1 aliphatic rings. The summed E-state index contributed by atoms with van der Waals surface area (Å²) in [6, 6.07) is 7.61. The van der Waals surface area contributed by atoms with Gasteiger partial charge in [-0.05, 0) is 18.1 Å². The monoisotopic (exact) mass is 426 g/mol. The Morgan fingerprint density at radius 1 is 1.13 bits per heavy atom. The number of hydrogen-bond acceptors (Lipinski definition) is 5. The van der Waals surface area contributed by atoms with Crippen molar-refractivity contribution >= 4 is 34.4 Å². The van der Waals surface area contributed by atoms with Crippen LogP contribution in [0.1, 0.15) is 33.0 Å². The third kappa shape index (κ3) is 3.99. The minimum atomic E-state index is 0.235. The number of hydrogen-bond donors (Lipinski definition) is 0. The van der Waals surface area contributed by atoms with Crippen LogP contribution in [0.25, 0.3) is 16.7 Å². The largest absolute Gasteiger partial charge is 0.352 e. The molecule has 3 aromatic rings. The first kappa shape index (κ1) is 20.6. The predicted octanol–water partition coefficient (Wildman–Crippen LogP) is 3.73. The molecule has 1 aliphatic heterocycles. The van der Waals surface area contributed by atoms with Gasteiger partial charge in [0.25, 0.3) is 0 Å². The van der Waals surface area contributed by atoms with Crippen molar-refractivity contribution in [3.8, 4) is 5.69 Å². The summed E-state index contributed by atoms with van der Waals surface area (Å²) in [5.74, 6) is 2.26. The second kappa shape index (κ2) is 8.60. The van der Waals surface area contributed by atoms with Gasteiger partial charge in [0.15, 0.2) is 5.65 Å². The Hall–Kier alpha value is -2.67. The van der Waals surface area contributed by atoms with Gasteiger partial charge in [-0.15, -0.1) is 0 Å². The van der Waals surface area contributed by atoms with E-state index in [4.69, 9.17) is 21.6 Å². The molecule has 1 aromatic carbocycles. The molecule has 0 saturated carbocycles. The van der Waals surface area contributed by atoms with Gasteiger partial charge in [0.2, 0.25) is 5.91 Å². The van der Waals surface area contributed by atoms with Crippen molar-refractivity contribution in [2.24, 2.45) is 5.92 Å². The Labute approximate surface area is 181 Å². The summed E-state index contributed by atoms with van der Waals surface area (Å²) in [6.45, 7) is 9.11. The molecule has 7 nitrogen and oxygen atoms in total. The fourth-order valence-corrected chi connectivity index (χ4v) is 4.00. The number of halogens is 1. The average Bonchev–Trinajstić information content (AvgIpc) is 3.16. The van der Waals surface area contributed by atoms with Crippen LogP contribution in [0.5, 0.6) is 0 Å². The molecule has 1 fully saturated rings. The minimum Gasteiger partial charge on any atom is -0.352 e. The number of aryl methyl sites for hydroxylation is 1. The van der Waals surface area contributed by atoms with E-state index in [1.807, 2.05) is 42.3 Å². The fourth-order valence-electron chi connectivity index (χ4n) is 3.78. The zero-order chi connectivity index (χ0) is 21.3. The number of anilines is 1. The van der Waals surface area contributed by atoms with Crippen molar-refractivity contribution in [1.82, 2.24) is 24.6 Å². The van der Waals surface area contributed by atoms with Crippen molar-refractivity contribution < 1.29 is 4.79 Å². The first-order valence-electron chi connectivity index (χ1n) is 10.5. The molecule has 0 N–H and O–H groups in total. The Bertz CT molecular complexity index is 1050. The summed E-state index contributed by atoms with van der Waals surface area (Å²) < 4.78 is 1.78. The Balaban J connectivity index is 1.66. The number of piperazine rings is 1. The van der Waals surface area contributed by atoms with Crippen LogP contribution < -0.4 is 4.90 Å². The number of amides is 1. The number of rotatable bonds is 5. The quantitative estimate of drug-likeness (QED) is 0.621. The number of carbonyl (C=O) groups is 1. The van der Waals surface area contributed by atoms with Gasteiger partial charge in [-0.1, -0.05) is 44.5 Å². The maximum atomic E-state index is 12.4. The highest BCUT2D eigenvalue weighted by Crippen LogP contribution is 2.29. The molecule has 158 valence electrons. The number of para-hydroxylation sites is 1. The fraction of sp³-hybridized carbons (Fsp3) is 0.455. The maximum absolute atomic E-state index is 12.4. The van der Waals surface area contributed by atoms with E-state index in [-0.39, 0.29) is 5.91 Å². The van der Waals surface area contributed by atoms with Crippen LogP contribution >= 0.6 is 11.6 Å². The molecule has 0 aliphatic carbocycles. The van der Waals surface area contributed by atoms with Crippen molar-refractivity contribution in [2.75, 3.05) is 31.1 Å². The van der Waals surface area contributed by atoms with Crippen LogP contribution in [0.3, 0.4) is 0 Å². The minimum absolute atomic E-state index is 0.235. The van der Waals surface area contributed by atoms with Crippen LogP contribution in [0.2, 0.25) is 5.02 Å². The molecule has 0 atom stereocenters. The lowest BCUT2D eigenvalue weighted by molar-refractivity contribution is -0.132. The van der Waals surface area contributed by atoms with E-state index in [0.29, 0.717) is 30.5 Å². The molecule has 0 bridgehead atoms. The molecule has 30 heavy (non-hydrogen) atoms. The van der Waals surface area contributed by atoms with E-state index in [1.54, 1.807) is 4.68 Å². The average molecular weight is 427 g/mol. The third-order valence-corrected chi connectivity index (χ3v) is 5.69. The van der Waals surface area contributed by atoms with E-state index in [2.05, 4.69) is 23.8 Å². The van der Waals surface area contributed by atoms with Crippen molar-refractivity contribution in [1.29, 1.82) is 0 Å². The molecule has 4 rings (SSSR count). The van der Waals surface area contributed by atoms with Crippen molar-refractivity contribution in [3.63, 3.8) is 0 Å². The first-order valence-corrected chi connectivity index (χ1v) is 10.9. The lowest BCUT2D eigenvalue weighted by atomic mass is 10.1. The Morgan fingerprint density at radius 2 is 1.87 bits per heavy atom. The zero-order valence-electron chi connectivity index (χ0n) is 17.7. The highest BCUT2D eigenvalue weighted by molar-refractivity contribution is 6.32. The summed E-state index contributed by atoms with van der Waals surface area (Å²) in [4.78, 5) is 26.2. The predicted molar refractivity (Wildman–Crippen MR) is 119 cm³/mol. The van der Waals surface area contributed by atoms with Gasteiger partial charge in [0.05, 0.1) is 22.3 Å². The highest BCUT2D eigenvalue weighted by Gasteiger charge is 2.25. The highest BCUT2D eigenvalue weighted by atomic mass is 35.5. The molecule has 8 heteroatoms. The van der Waals surface area contributed by atoms with E-state index in [1.165, 1.54) is 0 Å². The van der Waals surface area contributed by atoms with Crippen LogP contribution in [0.15, 0.2) is 30.5 Å². The maximum Gasteiger partial charge on any atom is 0.222 e. The zero-order valence-corrected chi connectivity index (χ0v) is 18.4. The number of carbonyl (C=O) groups excluding carboxylic acids is 1. The van der Waals surface area contributed by atoms with E-state index in [9.17, 15) is 4.79 Å². The molecular formula is C22H27ClN6O. The number of aromatic nitrogens is 4. The number of benzene rings is 1. The molecule has 0 unspecified atom stereocenters. The smallest absolute Gasteiger partial charge is 0.222 e. The summed E-state index contributed by atoms with van der Waals surface area (Å²) >= 11 is 6.41. The molecule has 3 heterocycles. The van der Waals surface area contributed by atoms with Crippen LogP contribution in [-0.2, 0) is 11.2 Å². The molecule has 1 saturated heterocycles. The van der Waals surface area contributed by atoms with E-state index in [0.717, 1.165) is 47.9 Å². The molecule has 2 aromatic heterocycles. The molecular weight excluding hydrogens is 400 g/mol. The van der Waals surface area contributed by atoms with Gasteiger partial charge in [0.1, 0.15) is 11.6 Å². The number of fused-ring (bicyclic) bond motifs is 1. The van der Waals surface area contributed by atoms with Gasteiger partial charge < -0.3 is 9.80 Å². The second-order valence-corrected chi connectivity index (χ2v) is 8.44. The first-order chi connectivity index (χ1) is 14.5. The molecule has 1 amide bonds. The van der Waals surface area contributed by atoms with Crippen molar-refractivity contribution in [3.05, 3.63) is 41.3 Å². The van der Waals surface area contributed by atoms with Crippen LogP contribution in [0.4, 0.5) is 5.82 Å². The van der Waals surface area contributed by atoms with Crippen LogP contribution in [-0.4, -0.2) is 56.7 Å². The third-order valence-electron chi connectivity index (χ3n) is 5.37. The summed E-state index contributed by atoms with van der Waals surface area (Å²) in [5.41, 5.74) is 1.55. The Morgan fingerprint density at radius 3 is 2.53 bits per heavy atom. The summed E-state index contributed by atoms with van der Waals surface area (Å²) in [5, 5.41) is 6.09. The van der Waals surface area contributed by atoms with E-state index >= 15 is 0 Å². The lowest BCUT2D eigenvalue weighted by Gasteiger charge is -2.36. The van der Waals surface area contributed by atoms with Gasteiger partial charge in [-0.2, -0.15) is 5.10 Å². The normalized spacial score (nSPS) is 14.7. The Kier molecular flexibility index (Phi) is 5.90. The van der Waals surface area contributed by atoms with Crippen molar-refractivity contribution in [2.45, 2.75) is 33.6 Å². The molecule has 0 spiro atoms. The number of nitrogens with zero attached hydrogens (tertiary/aromatic N) is 6. The van der Waals surface area contributed by atoms with Gasteiger partial charge in [0, 0.05) is 39.0 Å². The van der Waals surface area contributed by atoms with Gasteiger partial charge in [-0.3, -0.25) is 4.79 Å². The summed E-state index contributed by atoms with van der Waals surface area (Å²) in [6.07, 6.45) is 3.13.